The van der Waals surface area contributed by atoms with Crippen molar-refractivity contribution in [3.8, 4) is 0 Å². The first-order valence-corrected chi connectivity index (χ1v) is 5.18. The largest absolute Gasteiger partial charge is 0.477 e. The number of nitrogens with zero attached hydrogens (tertiary/aromatic N) is 1. The minimum Gasteiger partial charge on any atom is -0.477 e. The van der Waals surface area contributed by atoms with Crippen LogP contribution in [0.1, 0.15) is 21.6 Å². The van der Waals surface area contributed by atoms with E-state index in [0.717, 1.165) is 16.5 Å². The van der Waals surface area contributed by atoms with Crippen LogP contribution in [-0.2, 0) is 0 Å². The maximum atomic E-state index is 10.9. The molecule has 0 unspecified atom stereocenters. The molecule has 0 fully saturated rings. The van der Waals surface area contributed by atoms with E-state index in [4.69, 9.17) is 16.7 Å². The zero-order valence-electron chi connectivity index (χ0n) is 8.91. The Bertz CT molecular complexity index is 593. The van der Waals surface area contributed by atoms with E-state index in [9.17, 15) is 4.79 Å². The molecule has 1 aromatic carbocycles. The van der Waals surface area contributed by atoms with Crippen LogP contribution in [0.25, 0.3) is 10.9 Å². The van der Waals surface area contributed by atoms with Gasteiger partial charge in [-0.2, -0.15) is 0 Å². The normalized spacial score (nSPS) is 10.7. The number of benzene rings is 1. The highest BCUT2D eigenvalue weighted by Crippen LogP contribution is 2.28. The number of hydrogen-bond donors (Lipinski definition) is 1. The fraction of sp³-hybridized carbons (Fsp3) is 0.167. The Balaban J connectivity index is 2.92. The van der Waals surface area contributed by atoms with Gasteiger partial charge >= 0.3 is 5.97 Å². The smallest absolute Gasteiger partial charge is 0.354 e. The minimum atomic E-state index is -1.02. The van der Waals surface area contributed by atoms with Crippen LogP contribution >= 0.6 is 11.6 Å². The Morgan fingerprint density at radius 3 is 2.62 bits per heavy atom. The third-order valence-corrected chi connectivity index (χ3v) is 2.84. The van der Waals surface area contributed by atoms with Crippen molar-refractivity contribution in [3.63, 3.8) is 0 Å². The third-order valence-electron chi connectivity index (χ3n) is 2.53. The Hall–Kier alpha value is -1.61. The molecule has 0 aliphatic carbocycles. The van der Waals surface area contributed by atoms with E-state index in [2.05, 4.69) is 4.98 Å². The van der Waals surface area contributed by atoms with Crippen LogP contribution in [0.4, 0.5) is 0 Å². The van der Waals surface area contributed by atoms with Gasteiger partial charge in [0, 0.05) is 5.39 Å². The molecule has 0 saturated heterocycles. The zero-order chi connectivity index (χ0) is 11.9. The predicted octanol–water partition coefficient (Wildman–Crippen LogP) is 3.20. The van der Waals surface area contributed by atoms with E-state index < -0.39 is 5.97 Å². The summed E-state index contributed by atoms with van der Waals surface area (Å²) in [4.78, 5) is 15.0. The summed E-state index contributed by atoms with van der Waals surface area (Å²) in [5.41, 5.74) is 2.46. The third kappa shape index (κ3) is 1.63. The molecule has 0 radical (unpaired) electrons. The Morgan fingerprint density at radius 1 is 1.31 bits per heavy atom. The van der Waals surface area contributed by atoms with Crippen molar-refractivity contribution in [3.05, 3.63) is 40.0 Å². The average Bonchev–Trinajstić information content (AvgIpc) is 2.22. The lowest BCUT2D eigenvalue weighted by Crippen LogP contribution is -2.02. The summed E-state index contributed by atoms with van der Waals surface area (Å²) in [6.45, 7) is 3.72. The van der Waals surface area contributed by atoms with Crippen LogP contribution in [0.3, 0.4) is 0 Å². The second-order valence-electron chi connectivity index (χ2n) is 3.72. The van der Waals surface area contributed by atoms with Crippen LogP contribution in [0.2, 0.25) is 5.02 Å². The fourth-order valence-corrected chi connectivity index (χ4v) is 2.03. The number of fused-ring (bicyclic) bond motifs is 1. The summed E-state index contributed by atoms with van der Waals surface area (Å²) < 4.78 is 0. The first kappa shape index (κ1) is 10.9. The molecule has 3 nitrogen and oxygen atoms in total. The molecule has 0 aliphatic heterocycles. The Morgan fingerprint density at radius 2 is 2.00 bits per heavy atom. The van der Waals surface area contributed by atoms with Crippen molar-refractivity contribution in [2.45, 2.75) is 13.8 Å². The van der Waals surface area contributed by atoms with Crippen LogP contribution < -0.4 is 0 Å². The van der Waals surface area contributed by atoms with Gasteiger partial charge in [-0.3, -0.25) is 0 Å². The molecule has 0 aliphatic rings. The predicted molar refractivity (Wildman–Crippen MR) is 63.2 cm³/mol. The fourth-order valence-electron chi connectivity index (χ4n) is 1.73. The molecule has 2 aromatic rings. The molecule has 1 heterocycles. The van der Waals surface area contributed by atoms with Crippen LogP contribution in [0, 0.1) is 13.8 Å². The van der Waals surface area contributed by atoms with E-state index in [-0.39, 0.29) is 5.69 Å². The van der Waals surface area contributed by atoms with Gasteiger partial charge in [-0.15, -0.1) is 0 Å². The number of carbonyl (C=O) groups is 1. The highest BCUT2D eigenvalue weighted by molar-refractivity contribution is 6.35. The van der Waals surface area contributed by atoms with E-state index in [1.165, 1.54) is 6.07 Å². The molecule has 1 aromatic heterocycles. The van der Waals surface area contributed by atoms with E-state index >= 15 is 0 Å². The number of carboxylic acids is 1. The Kier molecular flexibility index (Phi) is 2.56. The number of hydrogen-bond acceptors (Lipinski definition) is 2. The highest BCUT2D eigenvalue weighted by atomic mass is 35.5. The summed E-state index contributed by atoms with van der Waals surface area (Å²) >= 11 is 6.08. The van der Waals surface area contributed by atoms with Crippen molar-refractivity contribution in [2.75, 3.05) is 0 Å². The van der Waals surface area contributed by atoms with Gasteiger partial charge in [0.05, 0.1) is 10.5 Å². The van der Waals surface area contributed by atoms with Crippen molar-refractivity contribution < 1.29 is 9.90 Å². The molecule has 1 N–H and O–H groups in total. The number of halogens is 1. The van der Waals surface area contributed by atoms with Gasteiger partial charge in [0.2, 0.25) is 0 Å². The molecular weight excluding hydrogens is 226 g/mol. The number of aryl methyl sites for hydroxylation is 2. The number of aromatic nitrogens is 1. The maximum Gasteiger partial charge on any atom is 0.354 e. The lowest BCUT2D eigenvalue weighted by molar-refractivity contribution is 0.0691. The number of pyridine rings is 1. The molecule has 0 bridgehead atoms. The molecule has 0 atom stereocenters. The number of carboxylic acid groups (broad SMARTS) is 1. The van der Waals surface area contributed by atoms with Crippen molar-refractivity contribution in [2.24, 2.45) is 0 Å². The van der Waals surface area contributed by atoms with E-state index in [1.54, 1.807) is 6.07 Å². The molecule has 0 spiro atoms. The topological polar surface area (TPSA) is 50.2 Å². The summed E-state index contributed by atoms with van der Waals surface area (Å²) in [6.07, 6.45) is 0. The number of aromatic carboxylic acids is 1. The summed E-state index contributed by atoms with van der Waals surface area (Å²) in [6, 6.07) is 5.17. The van der Waals surface area contributed by atoms with Gasteiger partial charge < -0.3 is 5.11 Å². The van der Waals surface area contributed by atoms with Crippen molar-refractivity contribution >= 4 is 28.5 Å². The molecule has 2 rings (SSSR count). The lowest BCUT2D eigenvalue weighted by Gasteiger charge is -2.07. The van der Waals surface area contributed by atoms with E-state index in [0.29, 0.717) is 10.5 Å². The van der Waals surface area contributed by atoms with Crippen LogP contribution in [-0.4, -0.2) is 16.1 Å². The summed E-state index contributed by atoms with van der Waals surface area (Å²) in [5.74, 6) is -1.02. The molecule has 0 saturated carbocycles. The first-order valence-electron chi connectivity index (χ1n) is 4.80. The monoisotopic (exact) mass is 235 g/mol. The standard InChI is InChI=1S/C12H10ClNO2/c1-6-3-4-8(13)10-7(2)5-9(12(15)16)14-11(6)10/h3-5H,1-2H3,(H,15,16). The number of rotatable bonds is 1. The SMILES string of the molecule is Cc1ccc(Cl)c2c(C)cc(C(=O)O)nc12. The molecular formula is C12H10ClNO2. The van der Waals surface area contributed by atoms with Crippen LogP contribution in [0.15, 0.2) is 18.2 Å². The van der Waals surface area contributed by atoms with Crippen molar-refractivity contribution in [1.29, 1.82) is 0 Å². The van der Waals surface area contributed by atoms with E-state index in [1.807, 2.05) is 19.9 Å². The van der Waals surface area contributed by atoms with Crippen LogP contribution in [0.5, 0.6) is 0 Å². The Labute approximate surface area is 97.7 Å². The zero-order valence-corrected chi connectivity index (χ0v) is 9.67. The minimum absolute atomic E-state index is 0.0513. The summed E-state index contributed by atoms with van der Waals surface area (Å²) in [7, 11) is 0. The molecule has 16 heavy (non-hydrogen) atoms. The van der Waals surface area contributed by atoms with Crippen molar-refractivity contribution in [1.82, 2.24) is 4.98 Å². The van der Waals surface area contributed by atoms with Gasteiger partial charge in [0.15, 0.2) is 0 Å². The molecule has 4 heteroatoms. The lowest BCUT2D eigenvalue weighted by atomic mass is 10.1. The highest BCUT2D eigenvalue weighted by Gasteiger charge is 2.12. The van der Waals surface area contributed by atoms with Gasteiger partial charge in [0.1, 0.15) is 5.69 Å². The summed E-state index contributed by atoms with van der Waals surface area (Å²) in [5, 5.41) is 10.4. The van der Waals surface area contributed by atoms with Gasteiger partial charge in [-0.25, -0.2) is 9.78 Å². The average molecular weight is 236 g/mol. The van der Waals surface area contributed by atoms with Gasteiger partial charge in [0.25, 0.3) is 0 Å². The molecule has 0 amide bonds. The maximum absolute atomic E-state index is 10.9. The molecule has 82 valence electrons. The van der Waals surface area contributed by atoms with Gasteiger partial charge in [-0.1, -0.05) is 17.7 Å². The second-order valence-corrected chi connectivity index (χ2v) is 4.12. The quantitative estimate of drug-likeness (QED) is 0.826. The second kappa shape index (κ2) is 3.76. The van der Waals surface area contributed by atoms with Gasteiger partial charge in [-0.05, 0) is 37.1 Å². The first-order chi connectivity index (χ1) is 7.50.